The van der Waals surface area contributed by atoms with Gasteiger partial charge in [-0.2, -0.15) is 8.42 Å². The highest BCUT2D eigenvalue weighted by atomic mass is 32.3. The van der Waals surface area contributed by atoms with Gasteiger partial charge in [0.1, 0.15) is 11.4 Å². The van der Waals surface area contributed by atoms with E-state index in [0.29, 0.717) is 31.9 Å². The molecule has 1 aliphatic heterocycles. The molecule has 0 atom stereocenters. The number of carbonyl (C=O) groups is 1. The SMILES string of the molecule is CC(C)(C)OC(=O)N1CCN(c2cccc(OS(=O)(=O)F)c2)CC1. The first-order valence-electron chi connectivity index (χ1n) is 7.50. The summed E-state index contributed by atoms with van der Waals surface area (Å²) in [7, 11) is -5.05. The van der Waals surface area contributed by atoms with Gasteiger partial charge in [-0.25, -0.2) is 4.79 Å². The molecule has 9 heteroatoms. The molecule has 1 amide bonds. The van der Waals surface area contributed by atoms with Crippen molar-refractivity contribution in [2.45, 2.75) is 26.4 Å². The summed E-state index contributed by atoms with van der Waals surface area (Å²) >= 11 is 0. The Hall–Kier alpha value is -2.03. The fourth-order valence-corrected chi connectivity index (χ4v) is 2.65. The summed E-state index contributed by atoms with van der Waals surface area (Å²) in [4.78, 5) is 15.6. The Morgan fingerprint density at radius 2 is 1.79 bits per heavy atom. The smallest absolute Gasteiger partial charge is 0.444 e. The number of rotatable bonds is 3. The van der Waals surface area contributed by atoms with Crippen molar-refractivity contribution in [2.24, 2.45) is 0 Å². The highest BCUT2D eigenvalue weighted by molar-refractivity contribution is 7.81. The van der Waals surface area contributed by atoms with Crippen molar-refractivity contribution in [1.82, 2.24) is 4.90 Å². The molecule has 0 spiro atoms. The lowest BCUT2D eigenvalue weighted by Gasteiger charge is -2.36. The van der Waals surface area contributed by atoms with Crippen LogP contribution in [-0.2, 0) is 15.2 Å². The standard InChI is InChI=1S/C15H21FN2O5S/c1-15(2,3)22-14(19)18-9-7-17(8-10-18)12-5-4-6-13(11-12)23-24(16,20)21/h4-6,11H,7-10H2,1-3H3. The maximum atomic E-state index is 12.6. The molecule has 1 aromatic rings. The lowest BCUT2D eigenvalue weighted by atomic mass is 10.2. The fourth-order valence-electron chi connectivity index (χ4n) is 2.32. The molecular weight excluding hydrogens is 339 g/mol. The summed E-state index contributed by atoms with van der Waals surface area (Å²) in [6.45, 7) is 7.47. The molecule has 1 fully saturated rings. The molecule has 0 aromatic heterocycles. The Labute approximate surface area is 141 Å². The summed E-state index contributed by atoms with van der Waals surface area (Å²) in [6, 6.07) is 6.15. The van der Waals surface area contributed by atoms with Crippen molar-refractivity contribution in [1.29, 1.82) is 0 Å². The quantitative estimate of drug-likeness (QED) is 0.770. The number of anilines is 1. The molecule has 24 heavy (non-hydrogen) atoms. The van der Waals surface area contributed by atoms with E-state index in [9.17, 15) is 17.1 Å². The zero-order chi connectivity index (χ0) is 18.0. The molecule has 2 rings (SSSR count). The van der Waals surface area contributed by atoms with E-state index in [1.807, 2.05) is 25.7 Å². The molecular formula is C15H21FN2O5S. The Morgan fingerprint density at radius 1 is 1.17 bits per heavy atom. The zero-order valence-corrected chi connectivity index (χ0v) is 14.7. The van der Waals surface area contributed by atoms with Crippen LogP contribution >= 0.6 is 0 Å². The predicted octanol–water partition coefficient (Wildman–Crippen LogP) is 2.34. The number of nitrogens with zero attached hydrogens (tertiary/aromatic N) is 2. The average molecular weight is 360 g/mol. The summed E-state index contributed by atoms with van der Waals surface area (Å²) in [5.74, 6) is -0.0930. The van der Waals surface area contributed by atoms with Crippen molar-refractivity contribution in [3.63, 3.8) is 0 Å². The number of carbonyl (C=O) groups excluding carboxylic acids is 1. The number of hydrogen-bond donors (Lipinski definition) is 0. The minimum absolute atomic E-state index is 0.0930. The zero-order valence-electron chi connectivity index (χ0n) is 13.9. The minimum atomic E-state index is -5.05. The molecule has 1 heterocycles. The van der Waals surface area contributed by atoms with Gasteiger partial charge in [0.15, 0.2) is 0 Å². The van der Waals surface area contributed by atoms with Crippen LogP contribution in [0.5, 0.6) is 5.75 Å². The van der Waals surface area contributed by atoms with Gasteiger partial charge in [-0.05, 0) is 32.9 Å². The third-order valence-electron chi connectivity index (χ3n) is 3.31. The molecule has 0 saturated carbocycles. The first kappa shape index (κ1) is 18.3. The van der Waals surface area contributed by atoms with Crippen LogP contribution in [0.25, 0.3) is 0 Å². The summed E-state index contributed by atoms with van der Waals surface area (Å²) in [5, 5.41) is 0. The summed E-state index contributed by atoms with van der Waals surface area (Å²) < 4.78 is 43.3. The van der Waals surface area contributed by atoms with Crippen LogP contribution in [0.1, 0.15) is 20.8 Å². The molecule has 134 valence electrons. The van der Waals surface area contributed by atoms with Crippen molar-refractivity contribution in [2.75, 3.05) is 31.1 Å². The normalized spacial score (nSPS) is 16.0. The van der Waals surface area contributed by atoms with Crippen molar-refractivity contribution < 1.29 is 26.0 Å². The predicted molar refractivity (Wildman–Crippen MR) is 87.1 cm³/mol. The Balaban J connectivity index is 1.97. The van der Waals surface area contributed by atoms with Gasteiger partial charge >= 0.3 is 16.6 Å². The maximum absolute atomic E-state index is 12.6. The van der Waals surface area contributed by atoms with Crippen molar-refractivity contribution in [3.8, 4) is 5.75 Å². The third kappa shape index (κ3) is 5.55. The average Bonchev–Trinajstić information content (AvgIpc) is 2.44. The first-order valence-corrected chi connectivity index (χ1v) is 8.81. The molecule has 1 aromatic carbocycles. The van der Waals surface area contributed by atoms with E-state index in [0.717, 1.165) is 0 Å². The topological polar surface area (TPSA) is 76.2 Å². The molecule has 7 nitrogen and oxygen atoms in total. The van der Waals surface area contributed by atoms with E-state index in [4.69, 9.17) is 4.74 Å². The maximum Gasteiger partial charge on any atom is 0.488 e. The summed E-state index contributed by atoms with van der Waals surface area (Å²) in [5.41, 5.74) is 0.151. The Morgan fingerprint density at radius 3 is 2.33 bits per heavy atom. The van der Waals surface area contributed by atoms with Crippen LogP contribution < -0.4 is 9.08 Å². The highest BCUT2D eigenvalue weighted by Gasteiger charge is 2.26. The van der Waals surface area contributed by atoms with Gasteiger partial charge in [0.25, 0.3) is 0 Å². The Bertz CT molecular complexity index is 694. The molecule has 0 bridgehead atoms. The molecule has 0 radical (unpaired) electrons. The van der Waals surface area contributed by atoms with E-state index >= 15 is 0 Å². The van der Waals surface area contributed by atoms with Gasteiger partial charge in [-0.1, -0.05) is 9.95 Å². The van der Waals surface area contributed by atoms with Gasteiger partial charge in [-0.3, -0.25) is 0 Å². The first-order chi connectivity index (χ1) is 11.0. The van der Waals surface area contributed by atoms with E-state index in [2.05, 4.69) is 4.18 Å². The van der Waals surface area contributed by atoms with Gasteiger partial charge in [-0.15, -0.1) is 0 Å². The Kier molecular flexibility index (Phi) is 5.22. The third-order valence-corrected chi connectivity index (χ3v) is 3.70. The van der Waals surface area contributed by atoms with E-state index in [-0.39, 0.29) is 11.8 Å². The van der Waals surface area contributed by atoms with E-state index in [1.165, 1.54) is 12.1 Å². The number of hydrogen-bond acceptors (Lipinski definition) is 6. The van der Waals surface area contributed by atoms with Crippen LogP contribution in [0.2, 0.25) is 0 Å². The monoisotopic (exact) mass is 360 g/mol. The van der Waals surface area contributed by atoms with Crippen LogP contribution in [0.4, 0.5) is 14.4 Å². The molecule has 0 unspecified atom stereocenters. The number of benzene rings is 1. The second-order valence-electron chi connectivity index (χ2n) is 6.43. The van der Waals surface area contributed by atoms with Gasteiger partial charge in [0, 0.05) is 37.9 Å². The summed E-state index contributed by atoms with van der Waals surface area (Å²) in [6.07, 6.45) is -0.359. The highest BCUT2D eigenvalue weighted by Crippen LogP contribution is 2.24. The van der Waals surface area contributed by atoms with Crippen molar-refractivity contribution in [3.05, 3.63) is 24.3 Å². The number of amides is 1. The number of halogens is 1. The number of piperazine rings is 1. The van der Waals surface area contributed by atoms with E-state index in [1.54, 1.807) is 17.0 Å². The van der Waals surface area contributed by atoms with Crippen LogP contribution in [0, 0.1) is 0 Å². The van der Waals surface area contributed by atoms with Crippen LogP contribution in [0.15, 0.2) is 24.3 Å². The van der Waals surface area contributed by atoms with Crippen molar-refractivity contribution >= 4 is 22.3 Å². The van der Waals surface area contributed by atoms with Gasteiger partial charge < -0.3 is 18.7 Å². The fraction of sp³-hybridized carbons (Fsp3) is 0.533. The second-order valence-corrected chi connectivity index (χ2v) is 7.38. The van der Waals surface area contributed by atoms with Crippen LogP contribution in [-0.4, -0.2) is 51.2 Å². The lowest BCUT2D eigenvalue weighted by molar-refractivity contribution is 0.0240. The van der Waals surface area contributed by atoms with Gasteiger partial charge in [0.05, 0.1) is 0 Å². The lowest BCUT2D eigenvalue weighted by Crippen LogP contribution is -2.50. The minimum Gasteiger partial charge on any atom is -0.444 e. The molecule has 1 aliphatic rings. The molecule has 0 N–H and O–H groups in total. The van der Waals surface area contributed by atoms with Gasteiger partial charge in [0.2, 0.25) is 0 Å². The largest absolute Gasteiger partial charge is 0.488 e. The van der Waals surface area contributed by atoms with E-state index < -0.39 is 16.1 Å². The molecule has 0 aliphatic carbocycles. The second kappa shape index (κ2) is 6.84. The molecule has 1 saturated heterocycles. The number of ether oxygens (including phenoxy) is 1. The van der Waals surface area contributed by atoms with Crippen LogP contribution in [0.3, 0.4) is 0 Å².